The third-order valence-electron chi connectivity index (χ3n) is 3.63. The minimum Gasteiger partial charge on any atom is -0.481 e. The van der Waals surface area contributed by atoms with Crippen molar-refractivity contribution in [3.63, 3.8) is 0 Å². The van der Waals surface area contributed by atoms with E-state index in [-0.39, 0.29) is 24.8 Å². The molecule has 1 aliphatic carbocycles. The van der Waals surface area contributed by atoms with Crippen LogP contribution in [0.4, 0.5) is 0 Å². The molecule has 0 bridgehead atoms. The molecule has 1 rings (SSSR count). The lowest BCUT2D eigenvalue weighted by Gasteiger charge is -2.31. The lowest BCUT2D eigenvalue weighted by Crippen LogP contribution is -2.47. The van der Waals surface area contributed by atoms with Gasteiger partial charge in [-0.05, 0) is 19.8 Å². The van der Waals surface area contributed by atoms with Crippen molar-refractivity contribution in [3.05, 3.63) is 0 Å². The van der Waals surface area contributed by atoms with Crippen LogP contribution in [0.25, 0.3) is 0 Å². The molecule has 0 aromatic rings. The Morgan fingerprint density at radius 2 is 1.74 bits per heavy atom. The van der Waals surface area contributed by atoms with Crippen LogP contribution >= 0.6 is 0 Å². The van der Waals surface area contributed by atoms with E-state index >= 15 is 0 Å². The monoisotopic (exact) mass is 271 g/mol. The highest BCUT2D eigenvalue weighted by molar-refractivity contribution is 5.85. The summed E-state index contributed by atoms with van der Waals surface area (Å²) in [5.41, 5.74) is 0. The number of amides is 1. The van der Waals surface area contributed by atoms with Crippen LogP contribution in [-0.4, -0.2) is 45.5 Å². The van der Waals surface area contributed by atoms with Crippen molar-refractivity contribution in [3.8, 4) is 0 Å². The van der Waals surface area contributed by atoms with Gasteiger partial charge in [0.2, 0.25) is 5.91 Å². The molecule has 0 aromatic heterocycles. The standard InChI is InChI=1S/C13H21NO5/c1-9(13(18)19)14(8-7-11(15)16)12(17)10-5-3-2-4-6-10/h9-10H,2-8H2,1H3,(H,15,16)(H,18,19). The molecular weight excluding hydrogens is 250 g/mol. The topological polar surface area (TPSA) is 94.9 Å². The van der Waals surface area contributed by atoms with Gasteiger partial charge in [-0.3, -0.25) is 9.59 Å². The van der Waals surface area contributed by atoms with Crippen molar-refractivity contribution in [2.45, 2.75) is 51.5 Å². The lowest BCUT2D eigenvalue weighted by atomic mass is 9.88. The summed E-state index contributed by atoms with van der Waals surface area (Å²) in [5.74, 6) is -2.49. The first-order chi connectivity index (χ1) is 8.93. The molecule has 2 N–H and O–H groups in total. The number of rotatable bonds is 6. The van der Waals surface area contributed by atoms with Gasteiger partial charge in [-0.25, -0.2) is 4.79 Å². The third kappa shape index (κ3) is 4.54. The maximum absolute atomic E-state index is 12.3. The second kappa shape index (κ2) is 7.11. The Kier molecular flexibility index (Phi) is 5.79. The van der Waals surface area contributed by atoms with Crippen LogP contribution in [0.15, 0.2) is 0 Å². The Morgan fingerprint density at radius 3 is 2.21 bits per heavy atom. The molecule has 0 aliphatic heterocycles. The summed E-state index contributed by atoms with van der Waals surface area (Å²) >= 11 is 0. The van der Waals surface area contributed by atoms with Crippen LogP contribution in [0.3, 0.4) is 0 Å². The van der Waals surface area contributed by atoms with Gasteiger partial charge >= 0.3 is 11.9 Å². The van der Waals surface area contributed by atoms with Gasteiger partial charge in [0.15, 0.2) is 0 Å². The summed E-state index contributed by atoms with van der Waals surface area (Å²) in [5, 5.41) is 17.7. The number of carbonyl (C=O) groups excluding carboxylic acids is 1. The minimum atomic E-state index is -1.10. The highest BCUT2D eigenvalue weighted by atomic mass is 16.4. The molecule has 0 saturated heterocycles. The summed E-state index contributed by atoms with van der Waals surface area (Å²) < 4.78 is 0. The molecule has 1 atom stereocenters. The largest absolute Gasteiger partial charge is 0.481 e. The first-order valence-corrected chi connectivity index (χ1v) is 6.68. The molecule has 6 nitrogen and oxygen atoms in total. The first-order valence-electron chi connectivity index (χ1n) is 6.68. The molecule has 0 aromatic carbocycles. The molecule has 19 heavy (non-hydrogen) atoms. The van der Waals surface area contributed by atoms with Gasteiger partial charge in [0.1, 0.15) is 6.04 Å². The van der Waals surface area contributed by atoms with Crippen LogP contribution in [-0.2, 0) is 14.4 Å². The average Bonchev–Trinajstić information content (AvgIpc) is 2.39. The zero-order chi connectivity index (χ0) is 14.4. The number of aliphatic carboxylic acids is 2. The number of carboxylic acids is 2. The van der Waals surface area contributed by atoms with Crippen molar-refractivity contribution in [1.29, 1.82) is 0 Å². The summed E-state index contributed by atoms with van der Waals surface area (Å²) in [7, 11) is 0. The van der Waals surface area contributed by atoms with E-state index in [1.807, 2.05) is 0 Å². The van der Waals surface area contributed by atoms with Gasteiger partial charge < -0.3 is 15.1 Å². The molecule has 1 saturated carbocycles. The zero-order valence-electron chi connectivity index (χ0n) is 11.2. The maximum Gasteiger partial charge on any atom is 0.326 e. The van der Waals surface area contributed by atoms with E-state index in [9.17, 15) is 14.4 Å². The van der Waals surface area contributed by atoms with E-state index in [0.29, 0.717) is 0 Å². The summed E-state index contributed by atoms with van der Waals surface area (Å²) in [4.78, 5) is 35.2. The minimum absolute atomic E-state index is 0.0435. The van der Waals surface area contributed by atoms with Crippen LogP contribution in [0.2, 0.25) is 0 Å². The third-order valence-corrected chi connectivity index (χ3v) is 3.63. The molecule has 1 fully saturated rings. The van der Waals surface area contributed by atoms with Gasteiger partial charge in [0, 0.05) is 12.5 Å². The molecule has 0 heterocycles. The zero-order valence-corrected chi connectivity index (χ0v) is 11.2. The van der Waals surface area contributed by atoms with Gasteiger partial charge in [-0.2, -0.15) is 0 Å². The summed E-state index contributed by atoms with van der Waals surface area (Å²) in [6.45, 7) is 1.38. The van der Waals surface area contributed by atoms with E-state index in [1.165, 1.54) is 11.8 Å². The smallest absolute Gasteiger partial charge is 0.326 e. The molecule has 1 unspecified atom stereocenters. The molecule has 0 radical (unpaired) electrons. The molecular formula is C13H21NO5. The Balaban J connectivity index is 2.72. The molecule has 1 aliphatic rings. The lowest BCUT2D eigenvalue weighted by molar-refractivity contribution is -0.153. The quantitative estimate of drug-likeness (QED) is 0.760. The van der Waals surface area contributed by atoms with Crippen LogP contribution in [0, 0.1) is 5.92 Å². The van der Waals surface area contributed by atoms with Gasteiger partial charge in [-0.1, -0.05) is 19.3 Å². The molecule has 1 amide bonds. The highest BCUT2D eigenvalue weighted by Crippen LogP contribution is 2.26. The fourth-order valence-electron chi connectivity index (χ4n) is 2.43. The van der Waals surface area contributed by atoms with Crippen molar-refractivity contribution < 1.29 is 24.6 Å². The van der Waals surface area contributed by atoms with E-state index in [4.69, 9.17) is 10.2 Å². The van der Waals surface area contributed by atoms with Crippen molar-refractivity contribution in [2.24, 2.45) is 5.92 Å². The average molecular weight is 271 g/mol. The van der Waals surface area contributed by atoms with E-state index < -0.39 is 18.0 Å². The fraction of sp³-hybridized carbons (Fsp3) is 0.769. The van der Waals surface area contributed by atoms with E-state index in [0.717, 1.165) is 32.1 Å². The molecule has 6 heteroatoms. The van der Waals surface area contributed by atoms with E-state index in [1.54, 1.807) is 0 Å². The predicted molar refractivity (Wildman–Crippen MR) is 67.6 cm³/mol. The van der Waals surface area contributed by atoms with Gasteiger partial charge in [-0.15, -0.1) is 0 Å². The summed E-state index contributed by atoms with van der Waals surface area (Å²) in [6.07, 6.45) is 4.38. The molecule has 0 spiro atoms. The van der Waals surface area contributed by atoms with Gasteiger partial charge in [0.25, 0.3) is 0 Å². The van der Waals surface area contributed by atoms with E-state index in [2.05, 4.69) is 0 Å². The number of hydrogen-bond acceptors (Lipinski definition) is 3. The fourth-order valence-corrected chi connectivity index (χ4v) is 2.43. The Bertz CT molecular complexity index is 349. The normalized spacial score (nSPS) is 17.7. The van der Waals surface area contributed by atoms with Crippen molar-refractivity contribution in [2.75, 3.05) is 6.54 Å². The number of nitrogens with zero attached hydrogens (tertiary/aromatic N) is 1. The predicted octanol–water partition coefficient (Wildman–Crippen LogP) is 1.34. The van der Waals surface area contributed by atoms with Crippen molar-refractivity contribution >= 4 is 17.8 Å². The van der Waals surface area contributed by atoms with Crippen LogP contribution < -0.4 is 0 Å². The number of carboxylic acid groups (broad SMARTS) is 2. The number of carbonyl (C=O) groups is 3. The Hall–Kier alpha value is -1.59. The second-order valence-corrected chi connectivity index (χ2v) is 5.02. The summed E-state index contributed by atoms with van der Waals surface area (Å²) in [6, 6.07) is -0.978. The SMILES string of the molecule is CC(C(=O)O)N(CCC(=O)O)C(=O)C1CCCCC1. The first kappa shape index (κ1) is 15.5. The highest BCUT2D eigenvalue weighted by Gasteiger charge is 2.31. The maximum atomic E-state index is 12.3. The molecule has 108 valence electrons. The van der Waals surface area contributed by atoms with Crippen molar-refractivity contribution in [1.82, 2.24) is 4.90 Å². The van der Waals surface area contributed by atoms with Crippen LogP contribution in [0.5, 0.6) is 0 Å². The van der Waals surface area contributed by atoms with Gasteiger partial charge in [0.05, 0.1) is 6.42 Å². The second-order valence-electron chi connectivity index (χ2n) is 5.02. The number of hydrogen-bond donors (Lipinski definition) is 2. The Morgan fingerprint density at radius 1 is 1.16 bits per heavy atom. The Labute approximate surface area is 112 Å². The van der Waals surface area contributed by atoms with Crippen LogP contribution in [0.1, 0.15) is 45.4 Å².